The number of anilines is 3. The number of amides is 1. The van der Waals surface area contributed by atoms with E-state index in [-0.39, 0.29) is 17.8 Å². The van der Waals surface area contributed by atoms with Gasteiger partial charge in [-0.3, -0.25) is 9.69 Å². The molecule has 3 aromatic rings. The van der Waals surface area contributed by atoms with Crippen molar-refractivity contribution in [1.29, 1.82) is 0 Å². The average molecular weight is 500 g/mol. The van der Waals surface area contributed by atoms with Gasteiger partial charge in [0.15, 0.2) is 11.5 Å². The molecule has 0 aliphatic carbocycles. The molecule has 0 spiro atoms. The van der Waals surface area contributed by atoms with E-state index in [2.05, 4.69) is 34.2 Å². The molecule has 190 valence electrons. The second-order valence-electron chi connectivity index (χ2n) is 9.82. The SMILES string of the molecule is CC1CCCN1C[C@H]1C=Cc2ccccc2N1c1cc(NC(=O)c2ccc3c(c2)OCCO3)ccc1F. The molecule has 1 fully saturated rings. The summed E-state index contributed by atoms with van der Waals surface area (Å²) in [6, 6.07) is 18.4. The molecular formula is C30H30FN3O3. The van der Waals surface area contributed by atoms with Gasteiger partial charge in [-0.25, -0.2) is 4.39 Å². The van der Waals surface area contributed by atoms with Crippen LogP contribution in [-0.2, 0) is 0 Å². The second-order valence-corrected chi connectivity index (χ2v) is 9.82. The van der Waals surface area contributed by atoms with Gasteiger partial charge in [-0.2, -0.15) is 0 Å². The Hall–Kier alpha value is -3.84. The van der Waals surface area contributed by atoms with Crippen molar-refractivity contribution in [1.82, 2.24) is 4.90 Å². The van der Waals surface area contributed by atoms with Crippen LogP contribution in [0.2, 0.25) is 0 Å². The van der Waals surface area contributed by atoms with Crippen molar-refractivity contribution in [3.8, 4) is 11.5 Å². The molecule has 3 aliphatic heterocycles. The number of nitrogens with zero attached hydrogens (tertiary/aromatic N) is 2. The summed E-state index contributed by atoms with van der Waals surface area (Å²) in [7, 11) is 0. The summed E-state index contributed by atoms with van der Waals surface area (Å²) in [6.07, 6.45) is 6.66. The van der Waals surface area contributed by atoms with Gasteiger partial charge in [0, 0.05) is 29.5 Å². The van der Waals surface area contributed by atoms with E-state index in [0.717, 1.165) is 24.3 Å². The number of para-hydroxylation sites is 1. The molecule has 0 saturated carbocycles. The molecule has 6 rings (SSSR count). The number of hydrogen-bond acceptors (Lipinski definition) is 5. The molecule has 2 atom stereocenters. The third-order valence-electron chi connectivity index (χ3n) is 7.41. The highest BCUT2D eigenvalue weighted by Gasteiger charge is 2.30. The quantitative estimate of drug-likeness (QED) is 0.476. The van der Waals surface area contributed by atoms with Crippen LogP contribution in [0.4, 0.5) is 21.5 Å². The Labute approximate surface area is 216 Å². The number of likely N-dealkylation sites (tertiary alicyclic amines) is 1. The number of nitrogens with one attached hydrogen (secondary N) is 1. The van der Waals surface area contributed by atoms with Gasteiger partial charge < -0.3 is 19.7 Å². The summed E-state index contributed by atoms with van der Waals surface area (Å²) in [5, 5.41) is 2.93. The zero-order valence-electron chi connectivity index (χ0n) is 20.8. The fourth-order valence-corrected chi connectivity index (χ4v) is 5.45. The minimum atomic E-state index is -0.332. The predicted molar refractivity (Wildman–Crippen MR) is 143 cm³/mol. The van der Waals surface area contributed by atoms with E-state index in [0.29, 0.717) is 47.7 Å². The maximum atomic E-state index is 15.4. The zero-order valence-corrected chi connectivity index (χ0v) is 20.8. The predicted octanol–water partition coefficient (Wildman–Crippen LogP) is 5.87. The van der Waals surface area contributed by atoms with Crippen molar-refractivity contribution in [2.24, 2.45) is 0 Å². The Bertz CT molecular complexity index is 1360. The lowest BCUT2D eigenvalue weighted by Crippen LogP contribution is -2.43. The number of ether oxygens (including phenoxy) is 2. The lowest BCUT2D eigenvalue weighted by Gasteiger charge is -2.39. The molecule has 7 heteroatoms. The molecule has 1 amide bonds. The first-order valence-corrected chi connectivity index (χ1v) is 12.9. The van der Waals surface area contributed by atoms with Crippen LogP contribution in [0.25, 0.3) is 6.08 Å². The van der Waals surface area contributed by atoms with Crippen LogP contribution >= 0.6 is 0 Å². The third kappa shape index (κ3) is 4.67. The van der Waals surface area contributed by atoms with Gasteiger partial charge in [0.05, 0.1) is 11.7 Å². The Kier molecular flexibility index (Phi) is 6.30. The normalized spacial score (nSPS) is 20.5. The largest absolute Gasteiger partial charge is 0.486 e. The first-order valence-electron chi connectivity index (χ1n) is 12.9. The molecule has 3 heterocycles. The topological polar surface area (TPSA) is 54.0 Å². The Morgan fingerprint density at radius 2 is 1.86 bits per heavy atom. The van der Waals surface area contributed by atoms with Crippen LogP contribution in [0, 0.1) is 5.82 Å². The molecule has 1 saturated heterocycles. The Morgan fingerprint density at radius 3 is 2.70 bits per heavy atom. The lowest BCUT2D eigenvalue weighted by molar-refractivity contribution is 0.102. The van der Waals surface area contributed by atoms with Crippen LogP contribution < -0.4 is 19.7 Å². The number of halogens is 1. The molecule has 0 radical (unpaired) electrons. The zero-order chi connectivity index (χ0) is 25.4. The third-order valence-corrected chi connectivity index (χ3v) is 7.41. The van der Waals surface area contributed by atoms with Crippen LogP contribution in [0.15, 0.2) is 66.7 Å². The van der Waals surface area contributed by atoms with E-state index in [1.54, 1.807) is 30.3 Å². The fraction of sp³-hybridized carbons (Fsp3) is 0.300. The van der Waals surface area contributed by atoms with E-state index >= 15 is 4.39 Å². The summed E-state index contributed by atoms with van der Waals surface area (Å²) < 4.78 is 26.6. The van der Waals surface area contributed by atoms with Crippen LogP contribution in [-0.4, -0.2) is 49.2 Å². The Balaban J connectivity index is 1.31. The van der Waals surface area contributed by atoms with Gasteiger partial charge in [0.25, 0.3) is 5.91 Å². The van der Waals surface area contributed by atoms with Crippen LogP contribution in [0.1, 0.15) is 35.7 Å². The van der Waals surface area contributed by atoms with E-state index in [1.807, 2.05) is 24.3 Å². The molecule has 1 unspecified atom stereocenters. The van der Waals surface area contributed by atoms with Gasteiger partial charge in [0.1, 0.15) is 19.0 Å². The lowest BCUT2D eigenvalue weighted by atomic mass is 10.0. The van der Waals surface area contributed by atoms with Gasteiger partial charge in [0.2, 0.25) is 0 Å². The summed E-state index contributed by atoms with van der Waals surface area (Å²) in [4.78, 5) is 17.6. The van der Waals surface area contributed by atoms with Gasteiger partial charge in [-0.05, 0) is 74.3 Å². The van der Waals surface area contributed by atoms with Gasteiger partial charge in [-0.1, -0.05) is 30.4 Å². The summed E-state index contributed by atoms with van der Waals surface area (Å²) in [5.41, 5.74) is 3.40. The summed E-state index contributed by atoms with van der Waals surface area (Å²) in [6.45, 7) is 5.05. The maximum Gasteiger partial charge on any atom is 0.255 e. The number of rotatable bonds is 5. The van der Waals surface area contributed by atoms with Gasteiger partial charge >= 0.3 is 0 Å². The van der Waals surface area contributed by atoms with E-state index < -0.39 is 0 Å². The van der Waals surface area contributed by atoms with E-state index in [1.165, 1.54) is 18.9 Å². The summed E-state index contributed by atoms with van der Waals surface area (Å²) in [5.74, 6) is 0.550. The fourth-order valence-electron chi connectivity index (χ4n) is 5.45. The molecule has 0 aromatic heterocycles. The van der Waals surface area contributed by atoms with Crippen molar-refractivity contribution in [3.63, 3.8) is 0 Å². The van der Waals surface area contributed by atoms with Gasteiger partial charge in [-0.15, -0.1) is 0 Å². The molecule has 3 aromatic carbocycles. The maximum absolute atomic E-state index is 15.4. The Morgan fingerprint density at radius 1 is 1.03 bits per heavy atom. The standard InChI is InChI=1S/C30H30FN3O3/c1-20-5-4-14-33(20)19-24-11-8-21-6-2-3-7-26(21)34(24)27-18-23(10-12-25(27)31)32-30(35)22-9-13-28-29(17-22)37-16-15-36-28/h2-3,6-13,17-18,20,24H,4-5,14-16,19H2,1H3,(H,32,35)/t20?,24-/m1/s1. The van der Waals surface area contributed by atoms with Crippen molar-refractivity contribution < 1.29 is 18.7 Å². The average Bonchev–Trinajstić information content (AvgIpc) is 3.33. The molecule has 37 heavy (non-hydrogen) atoms. The van der Waals surface area contributed by atoms with Crippen molar-refractivity contribution in [3.05, 3.63) is 83.7 Å². The first kappa shape index (κ1) is 23.6. The monoisotopic (exact) mass is 499 g/mol. The second kappa shape index (κ2) is 9.90. The number of hydrogen-bond donors (Lipinski definition) is 1. The number of benzene rings is 3. The molecule has 0 bridgehead atoms. The van der Waals surface area contributed by atoms with E-state index in [9.17, 15) is 4.79 Å². The van der Waals surface area contributed by atoms with Crippen molar-refractivity contribution in [2.45, 2.75) is 31.8 Å². The number of carbonyl (C=O) groups is 1. The number of carbonyl (C=O) groups excluding carboxylic acids is 1. The van der Waals surface area contributed by atoms with Crippen LogP contribution in [0.3, 0.4) is 0 Å². The minimum absolute atomic E-state index is 0.0336. The summed E-state index contributed by atoms with van der Waals surface area (Å²) >= 11 is 0. The first-order chi connectivity index (χ1) is 18.1. The highest BCUT2D eigenvalue weighted by Crippen LogP contribution is 2.39. The molecular weight excluding hydrogens is 469 g/mol. The number of fused-ring (bicyclic) bond motifs is 2. The van der Waals surface area contributed by atoms with E-state index in [4.69, 9.17) is 9.47 Å². The molecule has 3 aliphatic rings. The van der Waals surface area contributed by atoms with Crippen molar-refractivity contribution in [2.75, 3.05) is 36.5 Å². The highest BCUT2D eigenvalue weighted by molar-refractivity contribution is 6.05. The van der Waals surface area contributed by atoms with Crippen molar-refractivity contribution >= 4 is 29.0 Å². The smallest absolute Gasteiger partial charge is 0.255 e. The molecule has 1 N–H and O–H groups in total. The molecule has 6 nitrogen and oxygen atoms in total. The highest BCUT2D eigenvalue weighted by atomic mass is 19.1. The van der Waals surface area contributed by atoms with Crippen LogP contribution in [0.5, 0.6) is 11.5 Å². The minimum Gasteiger partial charge on any atom is -0.486 e.